The summed E-state index contributed by atoms with van der Waals surface area (Å²) in [6.45, 7) is 6.38. The Hall–Kier alpha value is -2.91. The average Bonchev–Trinajstić information content (AvgIpc) is 3.29. The topological polar surface area (TPSA) is 105 Å². The molecular weight excluding hydrogens is 466 g/mol. The lowest BCUT2D eigenvalue weighted by Crippen LogP contribution is -2.47. The van der Waals surface area contributed by atoms with Crippen molar-refractivity contribution >= 4 is 27.7 Å². The molecule has 4 rings (SSSR count). The second-order valence-electron chi connectivity index (χ2n) is 9.51. The lowest BCUT2D eigenvalue weighted by atomic mass is 10.1. The molecule has 2 aromatic carbocycles. The Morgan fingerprint density at radius 1 is 1.03 bits per heavy atom. The van der Waals surface area contributed by atoms with E-state index in [2.05, 4.69) is 10.0 Å². The number of fused-ring (bicyclic) bond motifs is 1. The van der Waals surface area contributed by atoms with Gasteiger partial charge >= 0.3 is 6.09 Å². The van der Waals surface area contributed by atoms with E-state index < -0.39 is 10.0 Å². The first kappa shape index (κ1) is 25.2. The quantitative estimate of drug-likeness (QED) is 0.625. The number of likely N-dealkylation sites (tertiary alicyclic amines) is 1. The fourth-order valence-electron chi connectivity index (χ4n) is 4.80. The van der Waals surface area contributed by atoms with E-state index in [9.17, 15) is 18.0 Å². The highest BCUT2D eigenvalue weighted by Crippen LogP contribution is 2.34. The number of hydrogen-bond acceptors (Lipinski definition) is 5. The standard InChI is InChI=1S/C26H33N3O5S/c1-17(2)34-26(31)29-15-13-19(14-16-29)28-35(32,33)24-12-11-23(21-9-6-10-22(21)24)27-25(30)20-8-5-4-7-18(20)3/h4-5,7-8,11-12,17,19,28H,6,9-10,13-16H2,1-3H3,(H,27,30). The number of carbonyl (C=O) groups is 2. The summed E-state index contributed by atoms with van der Waals surface area (Å²) in [5.41, 5.74) is 3.82. The molecule has 35 heavy (non-hydrogen) atoms. The van der Waals surface area contributed by atoms with E-state index in [1.807, 2.05) is 25.1 Å². The second kappa shape index (κ2) is 10.4. The van der Waals surface area contributed by atoms with Crippen molar-refractivity contribution in [2.75, 3.05) is 18.4 Å². The van der Waals surface area contributed by atoms with Crippen molar-refractivity contribution in [1.82, 2.24) is 9.62 Å². The van der Waals surface area contributed by atoms with Crippen molar-refractivity contribution in [1.29, 1.82) is 0 Å². The molecule has 0 aromatic heterocycles. The molecule has 1 aliphatic carbocycles. The lowest BCUT2D eigenvalue weighted by molar-refractivity contribution is 0.0688. The number of hydrogen-bond donors (Lipinski definition) is 2. The van der Waals surface area contributed by atoms with Gasteiger partial charge in [0, 0.05) is 30.4 Å². The zero-order valence-corrected chi connectivity index (χ0v) is 21.3. The van der Waals surface area contributed by atoms with Crippen LogP contribution in [0.15, 0.2) is 41.3 Å². The Balaban J connectivity index is 1.46. The molecule has 2 amide bonds. The van der Waals surface area contributed by atoms with Gasteiger partial charge in [0.15, 0.2) is 0 Å². The normalized spacial score (nSPS) is 16.3. The summed E-state index contributed by atoms with van der Waals surface area (Å²) in [7, 11) is -3.74. The minimum Gasteiger partial charge on any atom is -0.447 e. The number of nitrogens with zero attached hydrogens (tertiary/aromatic N) is 1. The van der Waals surface area contributed by atoms with Gasteiger partial charge in [0.1, 0.15) is 0 Å². The third kappa shape index (κ3) is 5.67. The van der Waals surface area contributed by atoms with Crippen LogP contribution in [0.3, 0.4) is 0 Å². The number of carbonyl (C=O) groups excluding carboxylic acids is 2. The molecule has 0 saturated carbocycles. The molecule has 1 heterocycles. The van der Waals surface area contributed by atoms with Gasteiger partial charge in [-0.25, -0.2) is 17.9 Å². The molecule has 0 atom stereocenters. The zero-order chi connectivity index (χ0) is 25.2. The number of aryl methyl sites for hydroxylation is 1. The number of ether oxygens (including phenoxy) is 1. The Bertz CT molecular complexity index is 1220. The highest BCUT2D eigenvalue weighted by molar-refractivity contribution is 7.89. The Labute approximate surface area is 207 Å². The Morgan fingerprint density at radius 3 is 2.40 bits per heavy atom. The smallest absolute Gasteiger partial charge is 0.410 e. The zero-order valence-electron chi connectivity index (χ0n) is 20.5. The van der Waals surface area contributed by atoms with Crippen LogP contribution in [0.25, 0.3) is 0 Å². The summed E-state index contributed by atoms with van der Waals surface area (Å²) >= 11 is 0. The second-order valence-corrected chi connectivity index (χ2v) is 11.2. The van der Waals surface area contributed by atoms with E-state index in [1.165, 1.54) is 0 Å². The van der Waals surface area contributed by atoms with Gasteiger partial charge < -0.3 is 15.0 Å². The maximum absolute atomic E-state index is 13.3. The van der Waals surface area contributed by atoms with E-state index in [1.54, 1.807) is 36.9 Å². The van der Waals surface area contributed by atoms with E-state index in [0.29, 0.717) is 43.6 Å². The fraction of sp³-hybridized carbons (Fsp3) is 0.462. The number of nitrogens with one attached hydrogen (secondary N) is 2. The molecule has 0 unspecified atom stereocenters. The van der Waals surface area contributed by atoms with Gasteiger partial charge in [-0.3, -0.25) is 4.79 Å². The van der Waals surface area contributed by atoms with Crippen LogP contribution in [-0.2, 0) is 27.6 Å². The van der Waals surface area contributed by atoms with Crippen molar-refractivity contribution < 1.29 is 22.7 Å². The molecule has 2 aliphatic rings. The van der Waals surface area contributed by atoms with Crippen molar-refractivity contribution in [2.24, 2.45) is 0 Å². The highest BCUT2D eigenvalue weighted by atomic mass is 32.2. The number of rotatable bonds is 6. The first-order chi connectivity index (χ1) is 16.7. The minimum atomic E-state index is -3.74. The number of anilines is 1. The summed E-state index contributed by atoms with van der Waals surface area (Å²) in [6, 6.07) is 10.4. The molecule has 2 aromatic rings. The van der Waals surface area contributed by atoms with Gasteiger partial charge in [-0.05, 0) is 87.8 Å². The van der Waals surface area contributed by atoms with Crippen LogP contribution in [0, 0.1) is 6.92 Å². The molecule has 1 saturated heterocycles. The maximum Gasteiger partial charge on any atom is 0.410 e. The summed E-state index contributed by atoms with van der Waals surface area (Å²) in [6.07, 6.45) is 2.72. The number of amides is 2. The third-order valence-electron chi connectivity index (χ3n) is 6.58. The van der Waals surface area contributed by atoms with Crippen LogP contribution >= 0.6 is 0 Å². The molecule has 1 aliphatic heterocycles. The van der Waals surface area contributed by atoms with E-state index in [0.717, 1.165) is 29.5 Å². The van der Waals surface area contributed by atoms with Gasteiger partial charge in [-0.15, -0.1) is 0 Å². The predicted octanol–water partition coefficient (Wildman–Crippen LogP) is 4.02. The van der Waals surface area contributed by atoms with Gasteiger partial charge in [0.25, 0.3) is 5.91 Å². The first-order valence-electron chi connectivity index (χ1n) is 12.2. The maximum atomic E-state index is 13.3. The molecular formula is C26H33N3O5S. The molecule has 8 nitrogen and oxygen atoms in total. The number of benzene rings is 2. The van der Waals surface area contributed by atoms with Crippen LogP contribution in [-0.4, -0.2) is 50.6 Å². The minimum absolute atomic E-state index is 0.190. The summed E-state index contributed by atoms with van der Waals surface area (Å²) in [4.78, 5) is 26.8. The molecule has 0 bridgehead atoms. The fourth-order valence-corrected chi connectivity index (χ4v) is 6.40. The van der Waals surface area contributed by atoms with Crippen LogP contribution < -0.4 is 10.0 Å². The van der Waals surface area contributed by atoms with E-state index in [4.69, 9.17) is 4.74 Å². The monoisotopic (exact) mass is 499 g/mol. The molecule has 1 fully saturated rings. The van der Waals surface area contributed by atoms with Crippen molar-refractivity contribution in [3.63, 3.8) is 0 Å². The number of sulfonamides is 1. The van der Waals surface area contributed by atoms with Crippen molar-refractivity contribution in [3.05, 3.63) is 58.7 Å². The van der Waals surface area contributed by atoms with Gasteiger partial charge in [0.2, 0.25) is 10.0 Å². The van der Waals surface area contributed by atoms with Crippen molar-refractivity contribution in [2.45, 2.75) is 69.9 Å². The average molecular weight is 500 g/mol. The predicted molar refractivity (Wildman–Crippen MR) is 134 cm³/mol. The first-order valence-corrected chi connectivity index (χ1v) is 13.6. The van der Waals surface area contributed by atoms with Gasteiger partial charge in [0.05, 0.1) is 11.0 Å². The molecule has 2 N–H and O–H groups in total. The Kier molecular flexibility index (Phi) is 7.47. The summed E-state index contributed by atoms with van der Waals surface area (Å²) < 4.78 is 34.7. The number of piperidine rings is 1. The molecule has 188 valence electrons. The van der Waals surface area contributed by atoms with Crippen LogP contribution in [0.5, 0.6) is 0 Å². The van der Waals surface area contributed by atoms with Crippen LogP contribution in [0.4, 0.5) is 10.5 Å². The molecule has 9 heteroatoms. The highest BCUT2D eigenvalue weighted by Gasteiger charge is 2.31. The van der Waals surface area contributed by atoms with E-state index in [-0.39, 0.29) is 29.0 Å². The SMILES string of the molecule is Cc1ccccc1C(=O)Nc1ccc(S(=O)(=O)NC2CCN(C(=O)OC(C)C)CC2)c2c1CCC2. The third-order valence-corrected chi connectivity index (χ3v) is 8.19. The Morgan fingerprint density at radius 2 is 1.71 bits per heavy atom. The van der Waals surface area contributed by atoms with Crippen LogP contribution in [0.1, 0.15) is 60.2 Å². The summed E-state index contributed by atoms with van der Waals surface area (Å²) in [5.74, 6) is -0.200. The van der Waals surface area contributed by atoms with Crippen molar-refractivity contribution in [3.8, 4) is 0 Å². The van der Waals surface area contributed by atoms with Gasteiger partial charge in [-0.2, -0.15) is 0 Å². The summed E-state index contributed by atoms with van der Waals surface area (Å²) in [5, 5.41) is 2.98. The largest absolute Gasteiger partial charge is 0.447 e. The van der Waals surface area contributed by atoms with Crippen LogP contribution in [0.2, 0.25) is 0 Å². The van der Waals surface area contributed by atoms with Gasteiger partial charge in [-0.1, -0.05) is 18.2 Å². The molecule has 0 spiro atoms. The molecule has 0 radical (unpaired) electrons. The van der Waals surface area contributed by atoms with E-state index >= 15 is 0 Å². The lowest BCUT2D eigenvalue weighted by Gasteiger charge is -2.32.